The topological polar surface area (TPSA) is 41.6 Å². The van der Waals surface area contributed by atoms with Crippen LogP contribution in [0.5, 0.6) is 0 Å². The molecular weight excluding hydrogens is 228 g/mol. The maximum atomic E-state index is 12.2. The summed E-state index contributed by atoms with van der Waals surface area (Å²) >= 11 is 0. The van der Waals surface area contributed by atoms with Crippen LogP contribution < -0.4 is 5.32 Å². The molecule has 0 aromatic rings. The molecule has 2 rings (SSSR count). The summed E-state index contributed by atoms with van der Waals surface area (Å²) in [7, 11) is 0. The molecule has 0 aromatic heterocycles. The maximum absolute atomic E-state index is 12.2. The largest absolute Gasteiger partial charge is 0.365 e. The normalized spacial score (nSPS) is 31.1. The fourth-order valence-corrected chi connectivity index (χ4v) is 2.99. The van der Waals surface area contributed by atoms with E-state index >= 15 is 0 Å². The molecule has 0 radical (unpaired) electrons. The highest BCUT2D eigenvalue weighted by Gasteiger charge is 2.27. The van der Waals surface area contributed by atoms with E-state index in [0.717, 1.165) is 44.9 Å². The van der Waals surface area contributed by atoms with Gasteiger partial charge in [-0.1, -0.05) is 19.8 Å². The van der Waals surface area contributed by atoms with Gasteiger partial charge in [-0.3, -0.25) is 4.79 Å². The summed E-state index contributed by atoms with van der Waals surface area (Å²) < 4.78 is 5.97. The molecule has 1 aliphatic carbocycles. The Hall–Kier alpha value is -0.610. The molecule has 1 aliphatic heterocycles. The van der Waals surface area contributed by atoms with Gasteiger partial charge in [0.05, 0.1) is 6.10 Å². The van der Waals surface area contributed by atoms with Crippen LogP contribution in [0.25, 0.3) is 0 Å². The zero-order valence-corrected chi connectivity index (χ0v) is 11.7. The minimum atomic E-state index is -0.279. The molecule has 1 saturated heterocycles. The SMILES string of the molecule is CC1CCCC(OC(C)C(=O)N2CCNCC2)C1. The van der Waals surface area contributed by atoms with Crippen molar-refractivity contribution in [3.63, 3.8) is 0 Å². The van der Waals surface area contributed by atoms with Gasteiger partial charge in [0.1, 0.15) is 6.10 Å². The number of nitrogens with zero attached hydrogens (tertiary/aromatic N) is 1. The highest BCUT2D eigenvalue weighted by Crippen LogP contribution is 2.26. The van der Waals surface area contributed by atoms with E-state index < -0.39 is 0 Å². The Bertz CT molecular complexity index is 277. The fourth-order valence-electron chi connectivity index (χ4n) is 2.99. The molecule has 0 aromatic carbocycles. The Morgan fingerprint density at radius 3 is 2.72 bits per heavy atom. The van der Waals surface area contributed by atoms with E-state index in [-0.39, 0.29) is 18.1 Å². The lowest BCUT2D eigenvalue weighted by Crippen LogP contribution is -2.50. The lowest BCUT2D eigenvalue weighted by atomic mass is 9.88. The van der Waals surface area contributed by atoms with Gasteiger partial charge in [-0.05, 0) is 25.7 Å². The summed E-state index contributed by atoms with van der Waals surface area (Å²) in [5.41, 5.74) is 0. The second-order valence-electron chi connectivity index (χ2n) is 5.75. The lowest BCUT2D eigenvalue weighted by Gasteiger charge is -2.33. The molecule has 3 atom stereocenters. The van der Waals surface area contributed by atoms with E-state index in [4.69, 9.17) is 4.74 Å². The van der Waals surface area contributed by atoms with Crippen LogP contribution in [0.4, 0.5) is 0 Å². The Balaban J connectivity index is 1.79. The third-order valence-corrected chi connectivity index (χ3v) is 4.06. The van der Waals surface area contributed by atoms with E-state index in [1.807, 2.05) is 11.8 Å². The molecule has 18 heavy (non-hydrogen) atoms. The van der Waals surface area contributed by atoms with Crippen LogP contribution in [0, 0.1) is 5.92 Å². The van der Waals surface area contributed by atoms with Crippen LogP contribution in [-0.4, -0.2) is 49.2 Å². The second-order valence-corrected chi connectivity index (χ2v) is 5.75. The first-order chi connectivity index (χ1) is 8.66. The summed E-state index contributed by atoms with van der Waals surface area (Å²) in [5, 5.41) is 3.26. The van der Waals surface area contributed by atoms with Gasteiger partial charge in [-0.25, -0.2) is 0 Å². The predicted octanol–water partition coefficient (Wildman–Crippen LogP) is 1.40. The Labute approximate surface area is 110 Å². The zero-order valence-electron chi connectivity index (χ0n) is 11.7. The van der Waals surface area contributed by atoms with Crippen molar-refractivity contribution in [3.8, 4) is 0 Å². The average molecular weight is 254 g/mol. The van der Waals surface area contributed by atoms with Crippen molar-refractivity contribution < 1.29 is 9.53 Å². The van der Waals surface area contributed by atoms with Crippen LogP contribution in [0.2, 0.25) is 0 Å². The molecule has 0 bridgehead atoms. The van der Waals surface area contributed by atoms with Gasteiger partial charge in [0.15, 0.2) is 0 Å². The molecule has 0 spiro atoms. The van der Waals surface area contributed by atoms with E-state index in [0.29, 0.717) is 0 Å². The average Bonchev–Trinajstić information content (AvgIpc) is 2.39. The van der Waals surface area contributed by atoms with Crippen LogP contribution in [0.15, 0.2) is 0 Å². The highest BCUT2D eigenvalue weighted by atomic mass is 16.5. The van der Waals surface area contributed by atoms with Crippen molar-refractivity contribution in [2.45, 2.75) is 51.7 Å². The second kappa shape index (κ2) is 6.53. The summed E-state index contributed by atoms with van der Waals surface area (Å²) in [6.07, 6.45) is 4.78. The molecule has 1 N–H and O–H groups in total. The molecule has 1 amide bonds. The number of carbonyl (C=O) groups is 1. The number of hydrogen-bond donors (Lipinski definition) is 1. The van der Waals surface area contributed by atoms with Crippen LogP contribution >= 0.6 is 0 Å². The van der Waals surface area contributed by atoms with E-state index in [1.165, 1.54) is 12.8 Å². The first-order valence-corrected chi connectivity index (χ1v) is 7.32. The number of piperazine rings is 1. The highest BCUT2D eigenvalue weighted by molar-refractivity contribution is 5.80. The quantitative estimate of drug-likeness (QED) is 0.828. The third-order valence-electron chi connectivity index (χ3n) is 4.06. The standard InChI is InChI=1S/C14H26N2O2/c1-11-4-3-5-13(10-11)18-12(2)14(17)16-8-6-15-7-9-16/h11-13,15H,3-10H2,1-2H3. The molecule has 104 valence electrons. The van der Waals surface area contributed by atoms with Gasteiger partial charge in [0.2, 0.25) is 0 Å². The summed E-state index contributed by atoms with van der Waals surface area (Å²) in [6.45, 7) is 7.61. The van der Waals surface area contributed by atoms with E-state index in [1.54, 1.807) is 0 Å². The van der Waals surface area contributed by atoms with Gasteiger partial charge in [0.25, 0.3) is 5.91 Å². The van der Waals surface area contributed by atoms with Gasteiger partial charge in [-0.2, -0.15) is 0 Å². The smallest absolute Gasteiger partial charge is 0.251 e. The molecular formula is C14H26N2O2. The van der Waals surface area contributed by atoms with Crippen molar-refractivity contribution in [3.05, 3.63) is 0 Å². The molecule has 4 heteroatoms. The first-order valence-electron chi connectivity index (χ1n) is 7.32. The number of carbonyl (C=O) groups excluding carboxylic acids is 1. The van der Waals surface area contributed by atoms with Crippen molar-refractivity contribution in [2.24, 2.45) is 5.92 Å². The minimum Gasteiger partial charge on any atom is -0.365 e. The van der Waals surface area contributed by atoms with Gasteiger partial charge in [0, 0.05) is 26.2 Å². The predicted molar refractivity (Wildman–Crippen MR) is 71.4 cm³/mol. The molecule has 3 unspecified atom stereocenters. The lowest BCUT2D eigenvalue weighted by molar-refractivity contribution is -0.148. The number of ether oxygens (including phenoxy) is 1. The van der Waals surface area contributed by atoms with Crippen molar-refractivity contribution in [2.75, 3.05) is 26.2 Å². The number of amides is 1. The molecule has 1 saturated carbocycles. The van der Waals surface area contributed by atoms with E-state index in [9.17, 15) is 4.79 Å². The summed E-state index contributed by atoms with van der Waals surface area (Å²) in [5.74, 6) is 0.903. The maximum Gasteiger partial charge on any atom is 0.251 e. The molecule has 4 nitrogen and oxygen atoms in total. The summed E-state index contributed by atoms with van der Waals surface area (Å²) in [6, 6.07) is 0. The van der Waals surface area contributed by atoms with Crippen LogP contribution in [0.3, 0.4) is 0 Å². The van der Waals surface area contributed by atoms with Gasteiger partial charge >= 0.3 is 0 Å². The zero-order chi connectivity index (χ0) is 13.0. The minimum absolute atomic E-state index is 0.162. The molecule has 1 heterocycles. The van der Waals surface area contributed by atoms with Gasteiger partial charge in [-0.15, -0.1) is 0 Å². The summed E-state index contributed by atoms with van der Waals surface area (Å²) in [4.78, 5) is 14.2. The van der Waals surface area contributed by atoms with Crippen molar-refractivity contribution >= 4 is 5.91 Å². The number of nitrogens with one attached hydrogen (secondary N) is 1. The van der Waals surface area contributed by atoms with Gasteiger partial charge < -0.3 is 15.0 Å². The number of rotatable bonds is 3. The number of hydrogen-bond acceptors (Lipinski definition) is 3. The van der Waals surface area contributed by atoms with Crippen LogP contribution in [-0.2, 0) is 9.53 Å². The fraction of sp³-hybridized carbons (Fsp3) is 0.929. The first kappa shape index (κ1) is 13.8. The molecule has 2 aliphatic rings. The van der Waals surface area contributed by atoms with Crippen molar-refractivity contribution in [1.82, 2.24) is 10.2 Å². The Kier molecular flexibility index (Phi) is 5.01. The third kappa shape index (κ3) is 3.69. The van der Waals surface area contributed by atoms with Crippen molar-refractivity contribution in [1.29, 1.82) is 0 Å². The van der Waals surface area contributed by atoms with Crippen LogP contribution in [0.1, 0.15) is 39.5 Å². The molecule has 2 fully saturated rings. The Morgan fingerprint density at radius 2 is 2.06 bits per heavy atom. The monoisotopic (exact) mass is 254 g/mol. The Morgan fingerprint density at radius 1 is 1.33 bits per heavy atom. The van der Waals surface area contributed by atoms with E-state index in [2.05, 4.69) is 12.2 Å².